The van der Waals surface area contributed by atoms with Crippen LogP contribution in [0.15, 0.2) is 158 Å². The number of aryl methyl sites for hydroxylation is 2. The Morgan fingerprint density at radius 3 is 1.46 bits per heavy atom. The number of hydrogen-bond donors (Lipinski definition) is 0. The molecule has 0 saturated heterocycles. The van der Waals surface area contributed by atoms with E-state index in [4.69, 9.17) is 0 Å². The van der Waals surface area contributed by atoms with E-state index >= 15 is 0 Å². The van der Waals surface area contributed by atoms with E-state index in [2.05, 4.69) is 181 Å². The third-order valence-corrected chi connectivity index (χ3v) is 9.38. The normalized spacial score (nSPS) is 11.7. The van der Waals surface area contributed by atoms with Crippen molar-refractivity contribution in [1.29, 1.82) is 0 Å². The maximum atomic E-state index is 2.39. The first-order valence-corrected chi connectivity index (χ1v) is 15.9. The van der Waals surface area contributed by atoms with E-state index in [0.717, 1.165) is 0 Å². The van der Waals surface area contributed by atoms with Crippen molar-refractivity contribution >= 4 is 43.6 Å². The lowest BCUT2D eigenvalue weighted by Gasteiger charge is -2.12. The van der Waals surface area contributed by atoms with Crippen LogP contribution in [0.25, 0.3) is 77.2 Å². The minimum atomic E-state index is 1.17. The van der Waals surface area contributed by atoms with Gasteiger partial charge in [0.25, 0.3) is 0 Å². The molecule has 0 atom stereocenters. The first-order valence-electron chi connectivity index (χ1n) is 15.9. The molecule has 2 nitrogen and oxygen atoms in total. The van der Waals surface area contributed by atoms with Gasteiger partial charge in [0.05, 0.1) is 22.1 Å². The molecular formula is C44H32N2. The lowest BCUT2D eigenvalue weighted by molar-refractivity contribution is 1.17. The van der Waals surface area contributed by atoms with Crippen molar-refractivity contribution in [2.75, 3.05) is 0 Å². The van der Waals surface area contributed by atoms with Gasteiger partial charge in [-0.05, 0) is 108 Å². The predicted octanol–water partition coefficient (Wildman–Crippen LogP) is 11.8. The van der Waals surface area contributed by atoms with Gasteiger partial charge in [0.2, 0.25) is 0 Å². The number of aromatic nitrogens is 2. The number of rotatable bonds is 4. The zero-order valence-electron chi connectivity index (χ0n) is 25.9. The van der Waals surface area contributed by atoms with Crippen LogP contribution in [-0.4, -0.2) is 9.13 Å². The number of hydrogen-bond acceptors (Lipinski definition) is 0. The Balaban J connectivity index is 1.14. The van der Waals surface area contributed by atoms with Gasteiger partial charge in [-0.25, -0.2) is 0 Å². The topological polar surface area (TPSA) is 9.86 Å². The summed E-state index contributed by atoms with van der Waals surface area (Å²) in [6, 6.07) is 57.7. The van der Waals surface area contributed by atoms with Crippen LogP contribution < -0.4 is 0 Å². The van der Waals surface area contributed by atoms with Crippen molar-refractivity contribution in [3.8, 4) is 33.6 Å². The van der Waals surface area contributed by atoms with Crippen molar-refractivity contribution < 1.29 is 0 Å². The van der Waals surface area contributed by atoms with E-state index in [-0.39, 0.29) is 0 Å². The molecule has 0 spiro atoms. The molecule has 0 unspecified atom stereocenters. The van der Waals surface area contributed by atoms with Gasteiger partial charge in [0, 0.05) is 32.9 Å². The molecule has 2 heteroatoms. The lowest BCUT2D eigenvalue weighted by atomic mass is 9.95. The Kier molecular flexibility index (Phi) is 5.97. The Morgan fingerprint density at radius 2 is 0.826 bits per heavy atom. The summed E-state index contributed by atoms with van der Waals surface area (Å²) in [7, 11) is 0. The van der Waals surface area contributed by atoms with E-state index in [1.807, 2.05) is 0 Å². The average Bonchev–Trinajstić information content (AvgIpc) is 3.61. The molecule has 2 aromatic heterocycles. The fraction of sp³-hybridized carbons (Fsp3) is 0.0455. The summed E-state index contributed by atoms with van der Waals surface area (Å²) in [6.07, 6.45) is 0. The lowest BCUT2D eigenvalue weighted by Crippen LogP contribution is -1.94. The summed E-state index contributed by atoms with van der Waals surface area (Å²) in [4.78, 5) is 0. The van der Waals surface area contributed by atoms with Crippen molar-refractivity contribution in [2.24, 2.45) is 0 Å². The van der Waals surface area contributed by atoms with Crippen LogP contribution in [0.3, 0.4) is 0 Å². The fourth-order valence-electron chi connectivity index (χ4n) is 7.32. The van der Waals surface area contributed by atoms with Crippen molar-refractivity contribution in [3.05, 3.63) is 169 Å². The summed E-state index contributed by atoms with van der Waals surface area (Å²) in [5, 5.41) is 5.11. The second-order valence-corrected chi connectivity index (χ2v) is 12.4. The SMILES string of the molecule is Cc1cc(-c2ccc(-n3c4ccccc4c4ccccc43)cc2)cc(-c2ccc3c(c2)c2ccccc2n3-c2cccc(C)c2)c1. The van der Waals surface area contributed by atoms with Gasteiger partial charge in [0.15, 0.2) is 0 Å². The zero-order valence-corrected chi connectivity index (χ0v) is 25.9. The third kappa shape index (κ3) is 4.18. The Hall–Kier alpha value is -5.86. The Bertz CT molecular complexity index is 2540. The standard InChI is InChI=1S/C44H32N2/c1-29-10-9-11-36(26-29)46-43-17-8-5-14-39(43)40-28-32(20-23-44(40)46)34-25-30(2)24-33(27-34)31-18-21-35(22-19-31)45-41-15-6-3-12-37(41)38-13-4-7-16-42(38)45/h3-28H,1-2H3. The molecule has 0 aliphatic heterocycles. The maximum Gasteiger partial charge on any atom is 0.0541 e. The first-order chi connectivity index (χ1) is 22.6. The maximum absolute atomic E-state index is 2.39. The van der Waals surface area contributed by atoms with Gasteiger partial charge in [0.1, 0.15) is 0 Å². The fourth-order valence-corrected chi connectivity index (χ4v) is 7.32. The molecule has 9 aromatic rings. The molecule has 0 fully saturated rings. The summed E-state index contributed by atoms with van der Waals surface area (Å²) in [5.74, 6) is 0. The summed E-state index contributed by atoms with van der Waals surface area (Å²) < 4.78 is 4.76. The van der Waals surface area contributed by atoms with Gasteiger partial charge in [-0.2, -0.15) is 0 Å². The molecule has 0 radical (unpaired) electrons. The highest BCUT2D eigenvalue weighted by molar-refractivity contribution is 6.11. The van der Waals surface area contributed by atoms with Gasteiger partial charge < -0.3 is 9.13 Å². The molecule has 218 valence electrons. The highest BCUT2D eigenvalue weighted by Gasteiger charge is 2.15. The Labute approximate surface area is 268 Å². The molecule has 0 amide bonds. The molecule has 0 aliphatic rings. The first kappa shape index (κ1) is 26.5. The number of para-hydroxylation sites is 3. The van der Waals surface area contributed by atoms with Gasteiger partial charge in [-0.3, -0.25) is 0 Å². The van der Waals surface area contributed by atoms with Crippen LogP contribution in [0.2, 0.25) is 0 Å². The van der Waals surface area contributed by atoms with Gasteiger partial charge in [-0.15, -0.1) is 0 Å². The molecule has 0 bridgehead atoms. The van der Waals surface area contributed by atoms with Crippen LogP contribution in [0.5, 0.6) is 0 Å². The minimum absolute atomic E-state index is 1.17. The van der Waals surface area contributed by atoms with Crippen LogP contribution >= 0.6 is 0 Å². The van der Waals surface area contributed by atoms with E-state index in [1.165, 1.54) is 88.4 Å². The zero-order chi connectivity index (χ0) is 30.8. The Morgan fingerprint density at radius 1 is 0.304 bits per heavy atom. The summed E-state index contributed by atoms with van der Waals surface area (Å²) >= 11 is 0. The van der Waals surface area contributed by atoms with Crippen LogP contribution in [-0.2, 0) is 0 Å². The predicted molar refractivity (Wildman–Crippen MR) is 195 cm³/mol. The number of nitrogens with zero attached hydrogens (tertiary/aromatic N) is 2. The molecule has 2 heterocycles. The average molecular weight is 589 g/mol. The molecule has 0 N–H and O–H groups in total. The highest BCUT2D eigenvalue weighted by atomic mass is 15.0. The van der Waals surface area contributed by atoms with Gasteiger partial charge in [-0.1, -0.05) is 97.1 Å². The summed E-state index contributed by atoms with van der Waals surface area (Å²) in [5.41, 5.74) is 14.7. The second-order valence-electron chi connectivity index (χ2n) is 12.4. The molecular weight excluding hydrogens is 556 g/mol. The molecule has 46 heavy (non-hydrogen) atoms. The van der Waals surface area contributed by atoms with E-state index in [1.54, 1.807) is 0 Å². The number of benzene rings is 7. The highest BCUT2D eigenvalue weighted by Crippen LogP contribution is 2.37. The summed E-state index contributed by atoms with van der Waals surface area (Å²) in [6.45, 7) is 4.35. The quantitative estimate of drug-likeness (QED) is 0.194. The third-order valence-electron chi connectivity index (χ3n) is 9.38. The van der Waals surface area contributed by atoms with Crippen LogP contribution in [0.4, 0.5) is 0 Å². The van der Waals surface area contributed by atoms with Crippen molar-refractivity contribution in [1.82, 2.24) is 9.13 Å². The number of fused-ring (bicyclic) bond motifs is 6. The van der Waals surface area contributed by atoms with E-state index in [0.29, 0.717) is 0 Å². The van der Waals surface area contributed by atoms with Crippen LogP contribution in [0.1, 0.15) is 11.1 Å². The smallest absolute Gasteiger partial charge is 0.0541 e. The minimum Gasteiger partial charge on any atom is -0.309 e. The largest absolute Gasteiger partial charge is 0.309 e. The van der Waals surface area contributed by atoms with Gasteiger partial charge >= 0.3 is 0 Å². The van der Waals surface area contributed by atoms with Crippen molar-refractivity contribution in [3.63, 3.8) is 0 Å². The van der Waals surface area contributed by atoms with Crippen LogP contribution in [0, 0.1) is 13.8 Å². The molecule has 9 rings (SSSR count). The molecule has 0 aliphatic carbocycles. The molecule has 0 saturated carbocycles. The van der Waals surface area contributed by atoms with E-state index in [9.17, 15) is 0 Å². The van der Waals surface area contributed by atoms with Crippen molar-refractivity contribution in [2.45, 2.75) is 13.8 Å². The second kappa shape index (κ2) is 10.4. The van der Waals surface area contributed by atoms with E-state index < -0.39 is 0 Å². The molecule has 7 aromatic carbocycles. The monoisotopic (exact) mass is 588 g/mol.